The Morgan fingerprint density at radius 2 is 2.29 bits per heavy atom. The fourth-order valence-corrected chi connectivity index (χ4v) is 2.47. The summed E-state index contributed by atoms with van der Waals surface area (Å²) in [5.41, 5.74) is 3.33. The first-order valence-electron chi connectivity index (χ1n) is 5.47. The zero-order chi connectivity index (χ0) is 12.6. The minimum absolute atomic E-state index is 0.105. The van der Waals surface area contributed by atoms with Crippen LogP contribution in [0.2, 0.25) is 0 Å². The normalized spacial score (nSPS) is 10.8. The molecule has 0 spiro atoms. The van der Waals surface area contributed by atoms with E-state index in [1.54, 1.807) is 7.05 Å². The molecule has 5 heteroatoms. The van der Waals surface area contributed by atoms with E-state index in [0.717, 1.165) is 27.8 Å². The molecule has 17 heavy (non-hydrogen) atoms. The molecule has 0 saturated carbocycles. The summed E-state index contributed by atoms with van der Waals surface area (Å²) < 4.78 is 2.78. The van der Waals surface area contributed by atoms with Crippen LogP contribution < -0.4 is 5.32 Å². The molecule has 2 aromatic rings. The zero-order valence-electron chi connectivity index (χ0n) is 10.0. The number of hydrogen-bond acceptors (Lipinski definition) is 2. The van der Waals surface area contributed by atoms with Gasteiger partial charge in [-0.1, -0.05) is 6.92 Å². The second-order valence-corrected chi connectivity index (χ2v) is 4.79. The molecule has 1 amide bonds. The molecule has 4 nitrogen and oxygen atoms in total. The van der Waals surface area contributed by atoms with Gasteiger partial charge in [-0.3, -0.25) is 9.20 Å². The van der Waals surface area contributed by atoms with E-state index in [-0.39, 0.29) is 5.91 Å². The van der Waals surface area contributed by atoms with Crippen LogP contribution in [-0.2, 0) is 6.42 Å². The van der Waals surface area contributed by atoms with Crippen LogP contribution in [0.25, 0.3) is 5.65 Å². The van der Waals surface area contributed by atoms with Gasteiger partial charge in [0.2, 0.25) is 0 Å². The van der Waals surface area contributed by atoms with Gasteiger partial charge in [-0.05, 0) is 40.9 Å². The highest BCUT2D eigenvalue weighted by atomic mass is 79.9. The van der Waals surface area contributed by atoms with E-state index in [4.69, 9.17) is 0 Å². The SMILES string of the molecule is CCc1nc2c(C)cc(Br)cn2c1C(=O)NC. The van der Waals surface area contributed by atoms with Gasteiger partial charge in [-0.25, -0.2) is 4.98 Å². The van der Waals surface area contributed by atoms with Crippen LogP contribution >= 0.6 is 15.9 Å². The van der Waals surface area contributed by atoms with Crippen molar-refractivity contribution in [2.45, 2.75) is 20.3 Å². The molecular weight excluding hydrogens is 282 g/mol. The number of fused-ring (bicyclic) bond motifs is 1. The maximum Gasteiger partial charge on any atom is 0.269 e. The zero-order valence-corrected chi connectivity index (χ0v) is 11.6. The topological polar surface area (TPSA) is 46.4 Å². The summed E-state index contributed by atoms with van der Waals surface area (Å²) in [6.45, 7) is 3.98. The van der Waals surface area contributed by atoms with E-state index in [1.165, 1.54) is 0 Å². The van der Waals surface area contributed by atoms with Crippen molar-refractivity contribution in [3.05, 3.63) is 33.7 Å². The molecule has 2 rings (SSSR count). The second kappa shape index (κ2) is 4.49. The predicted octanol–water partition coefficient (Wildman–Crippen LogP) is 2.33. The summed E-state index contributed by atoms with van der Waals surface area (Å²) in [4.78, 5) is 16.4. The van der Waals surface area contributed by atoms with Crippen LogP contribution in [0.5, 0.6) is 0 Å². The lowest BCUT2D eigenvalue weighted by Crippen LogP contribution is -2.21. The van der Waals surface area contributed by atoms with Gasteiger partial charge in [-0.15, -0.1) is 0 Å². The van der Waals surface area contributed by atoms with Crippen molar-refractivity contribution in [3.8, 4) is 0 Å². The number of rotatable bonds is 2. The van der Waals surface area contributed by atoms with Gasteiger partial charge < -0.3 is 5.32 Å². The summed E-state index contributed by atoms with van der Waals surface area (Å²) in [5.74, 6) is -0.105. The quantitative estimate of drug-likeness (QED) is 0.924. The molecule has 0 radical (unpaired) electrons. The lowest BCUT2D eigenvalue weighted by Gasteiger charge is -2.04. The van der Waals surface area contributed by atoms with Crippen LogP contribution in [-0.4, -0.2) is 22.3 Å². The lowest BCUT2D eigenvalue weighted by atomic mass is 10.2. The Morgan fingerprint density at radius 1 is 1.59 bits per heavy atom. The summed E-state index contributed by atoms with van der Waals surface area (Å²) in [6.07, 6.45) is 2.61. The molecule has 0 aliphatic rings. The maximum absolute atomic E-state index is 11.9. The summed E-state index contributed by atoms with van der Waals surface area (Å²) in [5, 5.41) is 2.66. The number of pyridine rings is 1. The van der Waals surface area contributed by atoms with Gasteiger partial charge in [0.15, 0.2) is 0 Å². The van der Waals surface area contributed by atoms with Crippen molar-refractivity contribution in [1.29, 1.82) is 0 Å². The minimum Gasteiger partial charge on any atom is -0.354 e. The molecule has 0 fully saturated rings. The first kappa shape index (κ1) is 12.1. The van der Waals surface area contributed by atoms with Gasteiger partial charge in [0, 0.05) is 17.7 Å². The van der Waals surface area contributed by atoms with Gasteiger partial charge in [-0.2, -0.15) is 0 Å². The number of nitrogens with zero attached hydrogens (tertiary/aromatic N) is 2. The highest BCUT2D eigenvalue weighted by molar-refractivity contribution is 9.10. The number of imidazole rings is 1. The Bertz CT molecular complexity index is 589. The van der Waals surface area contributed by atoms with E-state index in [0.29, 0.717) is 5.69 Å². The molecule has 90 valence electrons. The fourth-order valence-electron chi connectivity index (χ4n) is 1.92. The Morgan fingerprint density at radius 3 is 2.88 bits per heavy atom. The number of carbonyl (C=O) groups is 1. The molecule has 2 aromatic heterocycles. The molecule has 0 bridgehead atoms. The molecule has 0 atom stereocenters. The first-order chi connectivity index (χ1) is 8.08. The molecule has 1 N–H and O–H groups in total. The molecule has 0 unspecified atom stereocenters. The molecule has 0 aliphatic carbocycles. The van der Waals surface area contributed by atoms with Gasteiger partial charge in [0.25, 0.3) is 5.91 Å². The Labute approximate surface area is 108 Å². The van der Waals surface area contributed by atoms with E-state index < -0.39 is 0 Å². The van der Waals surface area contributed by atoms with Crippen molar-refractivity contribution in [2.24, 2.45) is 0 Å². The number of aryl methyl sites for hydroxylation is 2. The average Bonchev–Trinajstić information content (AvgIpc) is 2.66. The Kier molecular flexibility index (Phi) is 3.19. The van der Waals surface area contributed by atoms with Crippen molar-refractivity contribution in [3.63, 3.8) is 0 Å². The predicted molar refractivity (Wildman–Crippen MR) is 70.4 cm³/mol. The van der Waals surface area contributed by atoms with E-state index in [2.05, 4.69) is 26.2 Å². The summed E-state index contributed by atoms with van der Waals surface area (Å²) >= 11 is 3.44. The van der Waals surface area contributed by atoms with Crippen LogP contribution in [0.3, 0.4) is 0 Å². The third-order valence-corrected chi connectivity index (χ3v) is 3.15. The van der Waals surface area contributed by atoms with Crippen molar-refractivity contribution in [2.75, 3.05) is 7.05 Å². The highest BCUT2D eigenvalue weighted by Crippen LogP contribution is 2.21. The van der Waals surface area contributed by atoms with E-state index in [1.807, 2.05) is 30.5 Å². The van der Waals surface area contributed by atoms with Crippen molar-refractivity contribution < 1.29 is 4.79 Å². The molecule has 0 aliphatic heterocycles. The van der Waals surface area contributed by atoms with Crippen LogP contribution in [0.15, 0.2) is 16.7 Å². The number of hydrogen-bond donors (Lipinski definition) is 1. The van der Waals surface area contributed by atoms with Crippen molar-refractivity contribution >= 4 is 27.5 Å². The average molecular weight is 296 g/mol. The highest BCUT2D eigenvalue weighted by Gasteiger charge is 2.18. The first-order valence-corrected chi connectivity index (χ1v) is 6.27. The maximum atomic E-state index is 11.9. The molecular formula is C12H14BrN3O. The number of aromatic nitrogens is 2. The number of halogens is 1. The number of amides is 1. The molecule has 0 saturated heterocycles. The third kappa shape index (κ3) is 1.95. The van der Waals surface area contributed by atoms with Gasteiger partial charge in [0.1, 0.15) is 11.3 Å². The minimum atomic E-state index is -0.105. The summed E-state index contributed by atoms with van der Waals surface area (Å²) in [6, 6.07) is 2.00. The number of nitrogens with one attached hydrogen (secondary N) is 1. The second-order valence-electron chi connectivity index (χ2n) is 3.87. The molecule has 0 aromatic carbocycles. The van der Waals surface area contributed by atoms with Crippen LogP contribution in [0.1, 0.15) is 28.7 Å². The molecule has 2 heterocycles. The van der Waals surface area contributed by atoms with E-state index >= 15 is 0 Å². The fraction of sp³-hybridized carbons (Fsp3) is 0.333. The third-order valence-electron chi connectivity index (χ3n) is 2.72. The van der Waals surface area contributed by atoms with Crippen LogP contribution in [0.4, 0.5) is 0 Å². The lowest BCUT2D eigenvalue weighted by molar-refractivity contribution is 0.0956. The smallest absolute Gasteiger partial charge is 0.269 e. The Hall–Kier alpha value is -1.36. The number of carbonyl (C=O) groups excluding carboxylic acids is 1. The largest absolute Gasteiger partial charge is 0.354 e. The Balaban J connectivity index is 2.83. The van der Waals surface area contributed by atoms with Crippen molar-refractivity contribution in [1.82, 2.24) is 14.7 Å². The monoisotopic (exact) mass is 295 g/mol. The van der Waals surface area contributed by atoms with Gasteiger partial charge in [0.05, 0.1) is 5.69 Å². The standard InChI is InChI=1S/C12H14BrN3O/c1-4-9-10(12(17)14-3)16-6-8(13)5-7(2)11(16)15-9/h5-6H,4H2,1-3H3,(H,14,17). The van der Waals surface area contributed by atoms with E-state index in [9.17, 15) is 4.79 Å². The summed E-state index contributed by atoms with van der Waals surface area (Å²) in [7, 11) is 1.63. The van der Waals surface area contributed by atoms with Crippen LogP contribution in [0, 0.1) is 6.92 Å². The van der Waals surface area contributed by atoms with Gasteiger partial charge >= 0.3 is 0 Å².